The molecule has 0 aliphatic carbocycles. The smallest absolute Gasteiger partial charge is 0.235 e. The summed E-state index contributed by atoms with van der Waals surface area (Å²) in [4.78, 5) is 24.5. The topological polar surface area (TPSA) is 54.5 Å². The second kappa shape index (κ2) is 6.06. The van der Waals surface area contributed by atoms with E-state index >= 15 is 0 Å². The molecule has 0 N–H and O–H groups in total. The van der Waals surface area contributed by atoms with Crippen LogP contribution in [-0.4, -0.2) is 39.6 Å². The predicted molar refractivity (Wildman–Crippen MR) is 68.5 cm³/mol. The van der Waals surface area contributed by atoms with Gasteiger partial charge < -0.3 is 4.90 Å². The number of hydrogen-bond acceptors (Lipinski definition) is 3. The van der Waals surface area contributed by atoms with Gasteiger partial charge in [0.1, 0.15) is 17.4 Å². The summed E-state index contributed by atoms with van der Waals surface area (Å²) in [5, 5.41) is 0. The molecule has 0 aromatic heterocycles. The molecule has 1 amide bonds. The van der Waals surface area contributed by atoms with Gasteiger partial charge in [0, 0.05) is 25.9 Å². The molecule has 0 spiro atoms. The van der Waals surface area contributed by atoms with E-state index in [1.807, 2.05) is 0 Å². The zero-order chi connectivity index (χ0) is 13.8. The maximum Gasteiger partial charge on any atom is 0.235 e. The minimum Gasteiger partial charge on any atom is -0.341 e. The number of likely N-dealkylation sites (tertiary alicyclic amines) is 1. The highest BCUT2D eigenvalue weighted by Gasteiger charge is 2.23. The molecule has 6 heteroatoms. The van der Waals surface area contributed by atoms with Crippen molar-refractivity contribution < 1.29 is 18.2 Å². The third-order valence-electron chi connectivity index (χ3n) is 3.01. The van der Waals surface area contributed by atoms with Crippen LogP contribution in [0.4, 0.5) is 4.39 Å². The number of carbonyl (C=O) groups excluding carboxylic acids is 2. The Bertz CT molecular complexity index is 522. The molecule has 1 fully saturated rings. The van der Waals surface area contributed by atoms with E-state index in [0.29, 0.717) is 25.9 Å². The molecule has 1 aromatic rings. The molecule has 1 aliphatic rings. The van der Waals surface area contributed by atoms with Crippen molar-refractivity contribution in [3.05, 3.63) is 30.1 Å². The largest absolute Gasteiger partial charge is 0.341 e. The molecule has 0 bridgehead atoms. The molecular formula is C13H14FNO3S. The van der Waals surface area contributed by atoms with Gasteiger partial charge in [0.2, 0.25) is 5.91 Å². The summed E-state index contributed by atoms with van der Waals surface area (Å²) in [6.45, 7) is 0.734. The van der Waals surface area contributed by atoms with Crippen LogP contribution in [0.5, 0.6) is 0 Å². The third-order valence-corrected chi connectivity index (χ3v) is 4.34. The van der Waals surface area contributed by atoms with Crippen molar-refractivity contribution in [2.75, 3.05) is 18.8 Å². The van der Waals surface area contributed by atoms with Gasteiger partial charge in [-0.15, -0.1) is 0 Å². The first kappa shape index (κ1) is 13.9. The summed E-state index contributed by atoms with van der Waals surface area (Å²) >= 11 is 0. The van der Waals surface area contributed by atoms with Crippen LogP contribution in [0, 0.1) is 5.82 Å². The van der Waals surface area contributed by atoms with Crippen molar-refractivity contribution in [2.45, 2.75) is 17.7 Å². The van der Waals surface area contributed by atoms with Gasteiger partial charge >= 0.3 is 0 Å². The van der Waals surface area contributed by atoms with Gasteiger partial charge in [0.05, 0.1) is 15.7 Å². The van der Waals surface area contributed by atoms with Crippen molar-refractivity contribution in [1.82, 2.24) is 4.90 Å². The summed E-state index contributed by atoms with van der Waals surface area (Å²) in [7, 11) is -1.69. The monoisotopic (exact) mass is 283 g/mol. The Kier molecular flexibility index (Phi) is 4.42. The summed E-state index contributed by atoms with van der Waals surface area (Å²) in [6.07, 6.45) is 0.691. The van der Waals surface area contributed by atoms with E-state index < -0.39 is 16.6 Å². The molecule has 4 nitrogen and oxygen atoms in total. The number of halogens is 1. The minimum absolute atomic E-state index is 0.0453. The van der Waals surface area contributed by atoms with Gasteiger partial charge in [-0.1, -0.05) is 12.1 Å². The fourth-order valence-electron chi connectivity index (χ4n) is 1.92. The number of benzene rings is 1. The van der Waals surface area contributed by atoms with Crippen LogP contribution in [0.15, 0.2) is 29.2 Å². The Morgan fingerprint density at radius 1 is 1.26 bits per heavy atom. The first-order chi connectivity index (χ1) is 9.08. The first-order valence-corrected chi connectivity index (χ1v) is 7.32. The summed E-state index contributed by atoms with van der Waals surface area (Å²) in [6, 6.07) is 5.73. The quantitative estimate of drug-likeness (QED) is 0.835. The predicted octanol–water partition coefficient (Wildman–Crippen LogP) is 1.12. The minimum atomic E-state index is -1.69. The number of ketones is 1. The summed E-state index contributed by atoms with van der Waals surface area (Å²) in [5.74, 6) is -0.967. The fraction of sp³-hybridized carbons (Fsp3) is 0.385. The van der Waals surface area contributed by atoms with Crippen LogP contribution in [0.3, 0.4) is 0 Å². The third kappa shape index (κ3) is 3.47. The van der Waals surface area contributed by atoms with Crippen molar-refractivity contribution >= 4 is 22.5 Å². The van der Waals surface area contributed by atoms with Crippen molar-refractivity contribution in [3.63, 3.8) is 0 Å². The molecule has 1 atom stereocenters. The lowest BCUT2D eigenvalue weighted by Gasteiger charge is -2.25. The van der Waals surface area contributed by atoms with E-state index in [9.17, 15) is 18.2 Å². The number of rotatable bonds is 3. The highest BCUT2D eigenvalue weighted by molar-refractivity contribution is 7.85. The van der Waals surface area contributed by atoms with Crippen LogP contribution >= 0.6 is 0 Å². The molecule has 1 heterocycles. The molecule has 102 valence electrons. The SMILES string of the molecule is O=C1CCN(C(=O)CS(=O)c2ccccc2F)CC1. The van der Waals surface area contributed by atoms with E-state index in [2.05, 4.69) is 0 Å². The van der Waals surface area contributed by atoms with Crippen LogP contribution < -0.4 is 0 Å². The lowest BCUT2D eigenvalue weighted by atomic mass is 10.1. The maximum atomic E-state index is 13.4. The number of hydrogen-bond donors (Lipinski definition) is 0. The zero-order valence-electron chi connectivity index (χ0n) is 10.3. The molecule has 2 rings (SSSR count). The highest BCUT2D eigenvalue weighted by Crippen LogP contribution is 2.13. The van der Waals surface area contributed by atoms with Crippen molar-refractivity contribution in [3.8, 4) is 0 Å². The standard InChI is InChI=1S/C13H14FNO3S/c14-11-3-1-2-4-12(11)19(18)9-13(17)15-7-5-10(16)6-8-15/h1-4H,5-9H2. The van der Waals surface area contributed by atoms with Gasteiger partial charge in [0.25, 0.3) is 0 Å². The Morgan fingerprint density at radius 3 is 2.53 bits per heavy atom. The second-order valence-corrected chi connectivity index (χ2v) is 5.76. The fourth-order valence-corrected chi connectivity index (χ4v) is 2.99. The molecule has 19 heavy (non-hydrogen) atoms. The van der Waals surface area contributed by atoms with Gasteiger partial charge in [-0.05, 0) is 12.1 Å². The molecular weight excluding hydrogens is 269 g/mol. The van der Waals surface area contributed by atoms with E-state index in [0.717, 1.165) is 0 Å². The normalized spacial score (nSPS) is 17.3. The lowest BCUT2D eigenvalue weighted by Crippen LogP contribution is -2.40. The summed E-state index contributed by atoms with van der Waals surface area (Å²) in [5.41, 5.74) is 0. The van der Waals surface area contributed by atoms with E-state index in [4.69, 9.17) is 0 Å². The van der Waals surface area contributed by atoms with Crippen LogP contribution in [0.25, 0.3) is 0 Å². The van der Waals surface area contributed by atoms with E-state index in [1.165, 1.54) is 23.1 Å². The second-order valence-electron chi connectivity index (χ2n) is 4.34. The Morgan fingerprint density at radius 2 is 1.89 bits per heavy atom. The van der Waals surface area contributed by atoms with Gasteiger partial charge in [-0.25, -0.2) is 4.39 Å². The zero-order valence-corrected chi connectivity index (χ0v) is 11.1. The Hall–Kier alpha value is -1.56. The number of amides is 1. The van der Waals surface area contributed by atoms with Crippen molar-refractivity contribution in [2.24, 2.45) is 0 Å². The summed E-state index contributed by atoms with van der Waals surface area (Å²) < 4.78 is 25.4. The Labute approximate surface area is 113 Å². The van der Waals surface area contributed by atoms with E-state index in [1.54, 1.807) is 6.07 Å². The number of carbonyl (C=O) groups is 2. The molecule has 1 unspecified atom stereocenters. The van der Waals surface area contributed by atoms with Crippen LogP contribution in [-0.2, 0) is 20.4 Å². The number of piperidine rings is 1. The average molecular weight is 283 g/mol. The van der Waals surface area contributed by atoms with Gasteiger partial charge in [0.15, 0.2) is 0 Å². The van der Waals surface area contributed by atoms with Crippen LogP contribution in [0.2, 0.25) is 0 Å². The van der Waals surface area contributed by atoms with Gasteiger partial charge in [-0.2, -0.15) is 0 Å². The highest BCUT2D eigenvalue weighted by atomic mass is 32.2. The molecule has 0 saturated carbocycles. The van der Waals surface area contributed by atoms with E-state index in [-0.39, 0.29) is 22.3 Å². The molecule has 1 aromatic carbocycles. The van der Waals surface area contributed by atoms with Crippen LogP contribution in [0.1, 0.15) is 12.8 Å². The maximum absolute atomic E-state index is 13.4. The first-order valence-electron chi connectivity index (χ1n) is 6.00. The molecule has 0 radical (unpaired) electrons. The van der Waals surface area contributed by atoms with Crippen molar-refractivity contribution in [1.29, 1.82) is 0 Å². The molecule has 1 aliphatic heterocycles. The average Bonchev–Trinajstić information content (AvgIpc) is 2.39. The lowest BCUT2D eigenvalue weighted by molar-refractivity contribution is -0.132. The molecule has 1 saturated heterocycles. The number of nitrogens with zero attached hydrogens (tertiary/aromatic N) is 1. The van der Waals surface area contributed by atoms with Gasteiger partial charge in [-0.3, -0.25) is 13.8 Å². The number of Topliss-reactive ketones (excluding diaryl/α,β-unsaturated/α-hetero) is 1. The Balaban J connectivity index is 1.97.